The Kier molecular flexibility index (Phi) is 5.39. The predicted octanol–water partition coefficient (Wildman–Crippen LogP) is 3.96. The van der Waals surface area contributed by atoms with Crippen molar-refractivity contribution < 1.29 is 9.57 Å². The lowest BCUT2D eigenvalue weighted by molar-refractivity contribution is -0.175. The molecule has 0 bridgehead atoms. The molecule has 1 saturated heterocycles. The summed E-state index contributed by atoms with van der Waals surface area (Å²) in [5.41, 5.74) is 0. The van der Waals surface area contributed by atoms with Crippen molar-refractivity contribution >= 4 is 5.90 Å². The zero-order chi connectivity index (χ0) is 14.4. The predicted molar refractivity (Wildman–Crippen MR) is 84.1 cm³/mol. The van der Waals surface area contributed by atoms with Crippen molar-refractivity contribution in [2.75, 3.05) is 13.1 Å². The minimum absolute atomic E-state index is 0.438. The molecule has 0 unspecified atom stereocenters. The molecule has 0 aromatic heterocycles. The zero-order valence-electron chi connectivity index (χ0n) is 13.2. The average molecular weight is 294 g/mol. The smallest absolute Gasteiger partial charge is 0.279 e. The van der Waals surface area contributed by atoms with Gasteiger partial charge in [0.1, 0.15) is 0 Å². The van der Waals surface area contributed by atoms with Crippen LogP contribution in [0.3, 0.4) is 0 Å². The number of piperidine rings is 1. The van der Waals surface area contributed by atoms with E-state index in [-0.39, 0.29) is 0 Å². The van der Waals surface area contributed by atoms with Crippen molar-refractivity contribution in [2.45, 2.75) is 82.8 Å². The monoisotopic (exact) mass is 294 g/mol. The number of nitrogens with one attached hydrogen (secondary N) is 1. The Balaban J connectivity index is 1.55. The molecule has 4 nitrogen and oxygen atoms in total. The van der Waals surface area contributed by atoms with Gasteiger partial charge in [-0.15, -0.1) is 0 Å². The molecule has 21 heavy (non-hydrogen) atoms. The third kappa shape index (κ3) is 4.12. The maximum Gasteiger partial charge on any atom is 0.279 e. The third-order valence-electron chi connectivity index (χ3n) is 5.16. The third-order valence-corrected chi connectivity index (χ3v) is 5.16. The van der Waals surface area contributed by atoms with Crippen molar-refractivity contribution in [3.8, 4) is 0 Å². The van der Waals surface area contributed by atoms with Crippen LogP contribution in [0, 0.1) is 5.92 Å². The van der Waals surface area contributed by atoms with E-state index in [4.69, 9.17) is 9.57 Å². The maximum atomic E-state index is 6.22. The molecule has 2 aliphatic heterocycles. The summed E-state index contributed by atoms with van der Waals surface area (Å²) in [7, 11) is 0. The fraction of sp³-hybridized carbons (Fsp3) is 0.941. The quantitative estimate of drug-likeness (QED) is 0.796. The van der Waals surface area contributed by atoms with Crippen molar-refractivity contribution in [2.24, 2.45) is 11.1 Å². The molecule has 0 aromatic rings. The molecule has 0 radical (unpaired) electrons. The van der Waals surface area contributed by atoms with Crippen molar-refractivity contribution in [1.29, 1.82) is 0 Å². The Morgan fingerprint density at radius 2 is 1.43 bits per heavy atom. The molecule has 1 N–H and O–H groups in total. The number of rotatable bonds is 1. The van der Waals surface area contributed by atoms with Crippen molar-refractivity contribution in [3.05, 3.63) is 0 Å². The largest absolute Gasteiger partial charge is 0.433 e. The Bertz CT molecular complexity index is 339. The van der Waals surface area contributed by atoms with Gasteiger partial charge in [0.15, 0.2) is 0 Å². The Morgan fingerprint density at radius 3 is 2.05 bits per heavy atom. The van der Waals surface area contributed by atoms with E-state index in [9.17, 15) is 0 Å². The summed E-state index contributed by atoms with van der Waals surface area (Å²) in [5, 5.41) is 7.71. The molecule has 0 atom stereocenters. The molecule has 4 heteroatoms. The number of oxime groups is 1. The first-order valence-electron chi connectivity index (χ1n) is 9.04. The molecule has 2 fully saturated rings. The minimum Gasteiger partial charge on any atom is -0.433 e. The summed E-state index contributed by atoms with van der Waals surface area (Å²) in [5.74, 6) is 0.945. The molecule has 120 valence electrons. The molecule has 0 aromatic carbocycles. The molecular weight excluding hydrogens is 264 g/mol. The number of nitrogens with zero attached hydrogens (tertiary/aromatic N) is 1. The molecule has 1 spiro atoms. The highest BCUT2D eigenvalue weighted by atomic mass is 16.8. The van der Waals surface area contributed by atoms with Crippen LogP contribution in [0.1, 0.15) is 77.0 Å². The molecule has 3 aliphatic rings. The summed E-state index contributed by atoms with van der Waals surface area (Å²) in [4.78, 5) is 5.73. The number of hydrogen-bond acceptors (Lipinski definition) is 4. The van der Waals surface area contributed by atoms with E-state index in [2.05, 4.69) is 10.5 Å². The van der Waals surface area contributed by atoms with Crippen molar-refractivity contribution in [3.63, 3.8) is 0 Å². The van der Waals surface area contributed by atoms with Crippen LogP contribution < -0.4 is 5.32 Å². The summed E-state index contributed by atoms with van der Waals surface area (Å²) < 4.78 is 6.22. The normalized spacial score (nSPS) is 28.3. The van der Waals surface area contributed by atoms with Crippen LogP contribution in [0.2, 0.25) is 0 Å². The van der Waals surface area contributed by atoms with Gasteiger partial charge >= 0.3 is 0 Å². The minimum atomic E-state index is -0.438. The second-order valence-corrected chi connectivity index (χ2v) is 6.89. The van der Waals surface area contributed by atoms with Crippen LogP contribution in [0.4, 0.5) is 0 Å². The maximum absolute atomic E-state index is 6.22. The fourth-order valence-electron chi connectivity index (χ4n) is 3.75. The topological polar surface area (TPSA) is 42.8 Å². The molecule has 1 saturated carbocycles. The molecule has 2 heterocycles. The standard InChI is InChI=1S/C17H30N2O2/c1-2-4-6-8-10-15(9-7-5-3-1)16-19-21-17(20-16)11-13-18-14-12-17/h15,18H,1-14H2. The van der Waals surface area contributed by atoms with Crippen LogP contribution in [0.25, 0.3) is 0 Å². The average Bonchev–Trinajstić information content (AvgIpc) is 2.87. The first-order chi connectivity index (χ1) is 10.4. The van der Waals surface area contributed by atoms with Gasteiger partial charge in [-0.25, -0.2) is 0 Å². The Hall–Kier alpha value is -0.770. The summed E-state index contributed by atoms with van der Waals surface area (Å²) in [6, 6.07) is 0. The second kappa shape index (κ2) is 7.48. The van der Waals surface area contributed by atoms with Gasteiger partial charge in [-0.3, -0.25) is 0 Å². The molecular formula is C17H30N2O2. The molecule has 1 aliphatic carbocycles. The zero-order valence-corrected chi connectivity index (χ0v) is 13.2. The van der Waals surface area contributed by atoms with Crippen molar-refractivity contribution in [1.82, 2.24) is 5.32 Å². The summed E-state index contributed by atoms with van der Waals surface area (Å²) in [6.07, 6.45) is 15.2. The molecule has 3 rings (SSSR count). The van der Waals surface area contributed by atoms with E-state index in [0.717, 1.165) is 31.8 Å². The lowest BCUT2D eigenvalue weighted by Crippen LogP contribution is -2.44. The second-order valence-electron chi connectivity index (χ2n) is 6.89. The van der Waals surface area contributed by atoms with E-state index < -0.39 is 5.79 Å². The van der Waals surface area contributed by atoms with Gasteiger partial charge in [0, 0.05) is 31.8 Å². The van der Waals surface area contributed by atoms with Gasteiger partial charge in [0.25, 0.3) is 5.79 Å². The highest BCUT2D eigenvalue weighted by Crippen LogP contribution is 2.34. The van der Waals surface area contributed by atoms with Gasteiger partial charge in [0.2, 0.25) is 5.90 Å². The van der Waals surface area contributed by atoms with Crippen LogP contribution in [-0.2, 0) is 9.57 Å². The summed E-state index contributed by atoms with van der Waals surface area (Å²) in [6.45, 7) is 1.93. The van der Waals surface area contributed by atoms with Gasteiger partial charge in [-0.2, -0.15) is 0 Å². The van der Waals surface area contributed by atoms with E-state index >= 15 is 0 Å². The number of ether oxygens (including phenoxy) is 1. The van der Waals surface area contributed by atoms with Crippen LogP contribution in [0.15, 0.2) is 5.16 Å². The first-order valence-corrected chi connectivity index (χ1v) is 9.04. The van der Waals surface area contributed by atoms with Crippen LogP contribution in [-0.4, -0.2) is 24.8 Å². The molecule has 0 amide bonds. The van der Waals surface area contributed by atoms with E-state index in [0.29, 0.717) is 5.92 Å². The van der Waals surface area contributed by atoms with Gasteiger partial charge in [0.05, 0.1) is 0 Å². The SMILES string of the molecule is C1CCCCCC(C2=NOC3(CCNCC3)O2)CCCC1. The summed E-state index contributed by atoms with van der Waals surface area (Å²) >= 11 is 0. The fourth-order valence-corrected chi connectivity index (χ4v) is 3.75. The highest BCUT2D eigenvalue weighted by molar-refractivity contribution is 5.79. The highest BCUT2D eigenvalue weighted by Gasteiger charge is 2.43. The lowest BCUT2D eigenvalue weighted by atomic mass is 9.95. The van der Waals surface area contributed by atoms with Gasteiger partial charge in [-0.1, -0.05) is 51.4 Å². The van der Waals surface area contributed by atoms with Gasteiger partial charge in [-0.05, 0) is 18.0 Å². The first kappa shape index (κ1) is 15.1. The lowest BCUT2D eigenvalue weighted by Gasteiger charge is -2.31. The van der Waals surface area contributed by atoms with Crippen LogP contribution in [0.5, 0.6) is 0 Å². The van der Waals surface area contributed by atoms with E-state index in [1.54, 1.807) is 0 Å². The van der Waals surface area contributed by atoms with Crippen LogP contribution >= 0.6 is 0 Å². The Labute approximate surface area is 128 Å². The van der Waals surface area contributed by atoms with Gasteiger partial charge < -0.3 is 14.9 Å². The Morgan fingerprint density at radius 1 is 0.857 bits per heavy atom. The van der Waals surface area contributed by atoms with E-state index in [1.807, 2.05) is 0 Å². The van der Waals surface area contributed by atoms with E-state index in [1.165, 1.54) is 64.2 Å². The number of hydrogen-bond donors (Lipinski definition) is 1.